The van der Waals surface area contributed by atoms with Crippen molar-refractivity contribution < 1.29 is 40.9 Å². The Morgan fingerprint density at radius 1 is 0.791 bits per heavy atom. The molecule has 0 spiro atoms. The molecule has 0 heterocycles. The molecule has 0 radical (unpaired) electrons. The molecule has 4 aromatic carbocycles. The second kappa shape index (κ2) is 15.1. The van der Waals surface area contributed by atoms with Crippen LogP contribution in [-0.2, 0) is 6.61 Å². The number of anilines is 1. The summed E-state index contributed by atoms with van der Waals surface area (Å²) in [6.07, 6.45) is 0. The van der Waals surface area contributed by atoms with E-state index < -0.39 is 5.91 Å². The summed E-state index contributed by atoms with van der Waals surface area (Å²) in [5, 5.41) is 5.45. The highest BCUT2D eigenvalue weighted by Gasteiger charge is 2.17. The second-order valence-electron chi connectivity index (χ2n) is 9.12. The van der Waals surface area contributed by atoms with Gasteiger partial charge in [-0.2, -0.15) is 0 Å². The smallest absolute Gasteiger partial charge is 0.258 e. The third kappa shape index (κ3) is 8.40. The average Bonchev–Trinajstić information content (AvgIpc) is 3.01. The molecular weight excluding hydrogens is 572 g/mol. The molecule has 0 atom stereocenters. The third-order valence-corrected chi connectivity index (χ3v) is 6.25. The Labute approximate surface area is 256 Å². The third-order valence-electron chi connectivity index (χ3n) is 6.25. The summed E-state index contributed by atoms with van der Waals surface area (Å²) in [7, 11) is 4.39. The van der Waals surface area contributed by atoms with Gasteiger partial charge in [0, 0.05) is 16.8 Å². The van der Waals surface area contributed by atoms with Crippen LogP contribution in [0.4, 0.5) is 11.4 Å². The Morgan fingerprint density at radius 3 is 2.05 bits per heavy atom. The van der Waals surface area contributed by atoms with Crippen LogP contribution < -0.4 is 47.7 Å². The lowest BCUT2D eigenvalue weighted by atomic mass is 10.1. The Morgan fingerprint density at radius 2 is 1.44 bits per heavy atom. The molecule has 0 saturated carbocycles. The van der Waals surface area contributed by atoms with Gasteiger partial charge in [-0.15, -0.1) is 0 Å². The minimum absolute atomic E-state index is 0. The van der Waals surface area contributed by atoms with Gasteiger partial charge in [-0.3, -0.25) is 14.9 Å². The van der Waals surface area contributed by atoms with Gasteiger partial charge < -0.3 is 42.4 Å². The van der Waals surface area contributed by atoms with Crippen LogP contribution in [0, 0.1) is 6.92 Å². The van der Waals surface area contributed by atoms with Crippen LogP contribution in [-0.4, -0.2) is 39.1 Å². The van der Waals surface area contributed by atoms with Crippen molar-refractivity contribution in [3.05, 3.63) is 107 Å². The number of hydrogen-bond donors (Lipinski definition) is 3. The lowest BCUT2D eigenvalue weighted by Crippen LogP contribution is -3.00. The van der Waals surface area contributed by atoms with E-state index in [0.717, 1.165) is 11.1 Å². The first kappa shape index (κ1) is 32.3. The van der Waals surface area contributed by atoms with Gasteiger partial charge in [-0.25, -0.2) is 4.99 Å². The van der Waals surface area contributed by atoms with E-state index in [1.54, 1.807) is 42.5 Å². The first-order valence-corrected chi connectivity index (χ1v) is 13.0. The number of hydrogen-bond acceptors (Lipinski definition) is 7. The summed E-state index contributed by atoms with van der Waals surface area (Å²) < 4.78 is 21.7. The van der Waals surface area contributed by atoms with Crippen molar-refractivity contribution in [2.24, 2.45) is 10.7 Å². The molecule has 0 saturated heterocycles. The maximum atomic E-state index is 12.9. The van der Waals surface area contributed by atoms with Gasteiger partial charge in [0.25, 0.3) is 11.8 Å². The maximum absolute atomic E-state index is 12.9. The second-order valence-corrected chi connectivity index (χ2v) is 9.12. The number of rotatable bonds is 10. The molecule has 0 aromatic heterocycles. The van der Waals surface area contributed by atoms with Crippen molar-refractivity contribution in [1.82, 2.24) is 5.32 Å². The van der Waals surface area contributed by atoms with Gasteiger partial charge in [0.15, 0.2) is 11.5 Å². The molecule has 0 fully saturated rings. The normalized spacial score (nSPS) is 10.7. The highest BCUT2D eigenvalue weighted by Crippen LogP contribution is 2.38. The summed E-state index contributed by atoms with van der Waals surface area (Å²) >= 11 is 0. The number of guanidine groups is 1. The van der Waals surface area contributed by atoms with Gasteiger partial charge >= 0.3 is 0 Å². The zero-order valence-electron chi connectivity index (χ0n) is 24.1. The molecule has 43 heavy (non-hydrogen) atoms. The van der Waals surface area contributed by atoms with Crippen LogP contribution in [0.3, 0.4) is 0 Å². The average molecular weight is 604 g/mol. The number of aliphatic imine (C=N–C) groups is 1. The number of halogens is 1. The van der Waals surface area contributed by atoms with Crippen molar-refractivity contribution in [2.45, 2.75) is 13.5 Å². The fourth-order valence-electron chi connectivity index (χ4n) is 4.02. The molecule has 11 heteroatoms. The van der Waals surface area contributed by atoms with Crippen LogP contribution in [0.25, 0.3) is 0 Å². The number of nitrogens with zero attached hydrogens (tertiary/aromatic N) is 1. The first-order valence-electron chi connectivity index (χ1n) is 13.0. The fourth-order valence-corrected chi connectivity index (χ4v) is 4.02. The Kier molecular flexibility index (Phi) is 11.4. The van der Waals surface area contributed by atoms with Crippen molar-refractivity contribution in [3.63, 3.8) is 0 Å². The number of carbonyl (C=O) groups excluding carboxylic acids is 2. The highest BCUT2D eigenvalue weighted by molar-refractivity contribution is 6.07. The molecule has 2 amide bonds. The minimum Gasteiger partial charge on any atom is -1.00 e. The molecule has 0 aliphatic heterocycles. The lowest BCUT2D eigenvalue weighted by molar-refractivity contribution is -0.0000256. The monoisotopic (exact) mass is 603 g/mol. The summed E-state index contributed by atoms with van der Waals surface area (Å²) in [6, 6.07) is 24.9. The summed E-state index contributed by atoms with van der Waals surface area (Å²) in [5.41, 5.74) is 9.59. The van der Waals surface area contributed by atoms with Gasteiger partial charge in [0.2, 0.25) is 11.7 Å². The predicted octanol–water partition coefficient (Wildman–Crippen LogP) is 2.23. The molecule has 0 aliphatic rings. The molecule has 4 N–H and O–H groups in total. The topological polar surface area (TPSA) is 134 Å². The zero-order valence-corrected chi connectivity index (χ0v) is 24.9. The minimum atomic E-state index is -0.521. The first-order chi connectivity index (χ1) is 20.3. The predicted molar refractivity (Wildman–Crippen MR) is 161 cm³/mol. The molecule has 0 aliphatic carbocycles. The van der Waals surface area contributed by atoms with E-state index in [4.69, 9.17) is 24.7 Å². The standard InChI is InChI=1S/C32H32N4O6.ClH/c1-20-10-13-24(34-32(33)36-31(38)23-16-27(39-2)29(41-4)28(17-23)40-3)18-26(20)35-30(37)22-11-14-25(15-12-22)42-19-21-8-6-5-7-9-21;/h5-18H,19H2,1-4H3,(H,35,37)(H3,33,34,36,38);1H/p-1. The molecule has 4 aromatic rings. The number of nitrogens with one attached hydrogen (secondary N) is 2. The number of ether oxygens (including phenoxy) is 4. The number of carbonyl (C=O) groups is 2. The van der Waals surface area contributed by atoms with Crippen molar-refractivity contribution in [3.8, 4) is 23.0 Å². The van der Waals surface area contributed by atoms with E-state index in [1.807, 2.05) is 37.3 Å². The van der Waals surface area contributed by atoms with Crippen LogP contribution >= 0.6 is 0 Å². The molecule has 0 bridgehead atoms. The summed E-state index contributed by atoms with van der Waals surface area (Å²) in [6.45, 7) is 2.30. The number of amides is 2. The Bertz CT molecular complexity index is 1570. The maximum Gasteiger partial charge on any atom is 0.258 e. The number of aryl methyl sites for hydroxylation is 1. The molecule has 4 rings (SSSR count). The van der Waals surface area contributed by atoms with Gasteiger partial charge in [-0.05, 0) is 66.6 Å². The van der Waals surface area contributed by atoms with E-state index in [2.05, 4.69) is 15.6 Å². The molecule has 0 unspecified atom stereocenters. The highest BCUT2D eigenvalue weighted by atomic mass is 35.5. The van der Waals surface area contributed by atoms with Gasteiger partial charge in [-0.1, -0.05) is 36.4 Å². The van der Waals surface area contributed by atoms with Crippen molar-refractivity contribution >= 4 is 29.1 Å². The number of methoxy groups -OCH3 is 3. The van der Waals surface area contributed by atoms with Crippen LogP contribution in [0.5, 0.6) is 23.0 Å². The Balaban J connectivity index is 0.00000506. The van der Waals surface area contributed by atoms with Crippen LogP contribution in [0.15, 0.2) is 89.9 Å². The molecule has 10 nitrogen and oxygen atoms in total. The van der Waals surface area contributed by atoms with Crippen molar-refractivity contribution in [1.29, 1.82) is 0 Å². The quantitative estimate of drug-likeness (QED) is 0.187. The van der Waals surface area contributed by atoms with Gasteiger partial charge in [0.05, 0.1) is 27.0 Å². The zero-order chi connectivity index (χ0) is 30.1. The lowest BCUT2D eigenvalue weighted by Gasteiger charge is -2.14. The SMILES string of the molecule is COc1cc(C(=O)NC(N)=Nc2ccc(C)c(NC(=O)c3ccc(OCc4ccccc4)cc3)c2)cc(OC)c1OC.[Cl-]. The van der Waals surface area contributed by atoms with E-state index in [9.17, 15) is 9.59 Å². The number of benzene rings is 4. The molecular formula is C32H32ClN4O6-. The fraction of sp³-hybridized carbons (Fsp3) is 0.156. The summed E-state index contributed by atoms with van der Waals surface area (Å²) in [4.78, 5) is 30.1. The van der Waals surface area contributed by atoms with Crippen molar-refractivity contribution in [2.75, 3.05) is 26.6 Å². The Hall–Kier alpha value is -5.22. The van der Waals surface area contributed by atoms with E-state index in [-0.39, 0.29) is 29.8 Å². The summed E-state index contributed by atoms with van der Waals surface area (Å²) in [5.74, 6) is 0.717. The van der Waals surface area contributed by atoms with Crippen LogP contribution in [0.2, 0.25) is 0 Å². The van der Waals surface area contributed by atoms with E-state index >= 15 is 0 Å². The van der Waals surface area contributed by atoms with E-state index in [0.29, 0.717) is 46.5 Å². The largest absolute Gasteiger partial charge is 1.00 e. The van der Waals surface area contributed by atoms with Gasteiger partial charge in [0.1, 0.15) is 12.4 Å². The van der Waals surface area contributed by atoms with Crippen LogP contribution in [0.1, 0.15) is 31.8 Å². The molecule has 224 valence electrons. The number of nitrogens with two attached hydrogens (primary N) is 1. The van der Waals surface area contributed by atoms with E-state index in [1.165, 1.54) is 33.5 Å².